The standard InChI is InChI=1S/C16H14FN3O3/c1-20-13-6-4-10(16(21)19-22)7-12(13)18-15(20)9-3-5-11(17)14(8-9)23-2/h3-8,22H,1-2H3,(H,19,21). The van der Waals surface area contributed by atoms with Gasteiger partial charge in [-0.15, -0.1) is 0 Å². The summed E-state index contributed by atoms with van der Waals surface area (Å²) in [5.41, 5.74) is 3.96. The number of hydroxylamine groups is 1. The predicted octanol–water partition coefficient (Wildman–Crippen LogP) is 2.51. The van der Waals surface area contributed by atoms with Crippen LogP contribution in [-0.2, 0) is 7.05 Å². The van der Waals surface area contributed by atoms with Gasteiger partial charge in [0.2, 0.25) is 0 Å². The molecule has 2 N–H and O–H groups in total. The van der Waals surface area contributed by atoms with E-state index in [0.717, 1.165) is 5.52 Å². The minimum atomic E-state index is -0.609. The maximum absolute atomic E-state index is 13.6. The van der Waals surface area contributed by atoms with Crippen molar-refractivity contribution >= 4 is 16.9 Å². The Morgan fingerprint density at radius 1 is 1.30 bits per heavy atom. The van der Waals surface area contributed by atoms with Gasteiger partial charge in [0.15, 0.2) is 11.6 Å². The van der Waals surface area contributed by atoms with Crippen LogP contribution in [0.3, 0.4) is 0 Å². The third-order valence-electron chi connectivity index (χ3n) is 3.65. The summed E-state index contributed by atoms with van der Waals surface area (Å²) >= 11 is 0. The predicted molar refractivity (Wildman–Crippen MR) is 81.9 cm³/mol. The molecular weight excluding hydrogens is 301 g/mol. The van der Waals surface area contributed by atoms with Crippen LogP contribution >= 0.6 is 0 Å². The van der Waals surface area contributed by atoms with Crippen LogP contribution in [0.1, 0.15) is 10.4 Å². The first-order chi connectivity index (χ1) is 11.0. The van der Waals surface area contributed by atoms with E-state index in [1.54, 1.807) is 35.8 Å². The highest BCUT2D eigenvalue weighted by molar-refractivity contribution is 5.97. The molecular formula is C16H14FN3O3. The lowest BCUT2D eigenvalue weighted by Crippen LogP contribution is -2.18. The van der Waals surface area contributed by atoms with Crippen LogP contribution in [0, 0.1) is 5.82 Å². The molecule has 23 heavy (non-hydrogen) atoms. The Balaban J connectivity index is 2.15. The normalized spacial score (nSPS) is 10.8. The summed E-state index contributed by atoms with van der Waals surface area (Å²) in [5, 5.41) is 8.71. The number of benzene rings is 2. The van der Waals surface area contributed by atoms with Gasteiger partial charge in [-0.1, -0.05) is 0 Å². The fourth-order valence-electron chi connectivity index (χ4n) is 2.46. The smallest absolute Gasteiger partial charge is 0.274 e. The lowest BCUT2D eigenvalue weighted by atomic mass is 10.2. The van der Waals surface area contributed by atoms with Crippen LogP contribution in [0.15, 0.2) is 36.4 Å². The van der Waals surface area contributed by atoms with Crippen LogP contribution in [0.4, 0.5) is 4.39 Å². The summed E-state index contributed by atoms with van der Waals surface area (Å²) in [4.78, 5) is 16.0. The second-order valence-electron chi connectivity index (χ2n) is 4.99. The highest BCUT2D eigenvalue weighted by atomic mass is 19.1. The summed E-state index contributed by atoms with van der Waals surface area (Å²) in [6.07, 6.45) is 0. The first kappa shape index (κ1) is 15.0. The number of hydrogen-bond donors (Lipinski definition) is 2. The van der Waals surface area contributed by atoms with Crippen LogP contribution in [-0.4, -0.2) is 27.8 Å². The molecule has 1 aromatic heterocycles. The monoisotopic (exact) mass is 315 g/mol. The molecule has 3 aromatic rings. The number of carbonyl (C=O) groups excluding carboxylic acids is 1. The molecule has 0 spiro atoms. The molecule has 0 bridgehead atoms. The van der Waals surface area contributed by atoms with E-state index < -0.39 is 11.7 Å². The van der Waals surface area contributed by atoms with Gasteiger partial charge in [-0.2, -0.15) is 0 Å². The lowest BCUT2D eigenvalue weighted by molar-refractivity contribution is 0.0706. The highest BCUT2D eigenvalue weighted by Crippen LogP contribution is 2.28. The Hall–Kier alpha value is -2.93. The number of rotatable bonds is 3. The zero-order valence-corrected chi connectivity index (χ0v) is 12.5. The number of carbonyl (C=O) groups is 1. The number of methoxy groups -OCH3 is 1. The summed E-state index contributed by atoms with van der Waals surface area (Å²) in [7, 11) is 3.23. The van der Waals surface area contributed by atoms with Gasteiger partial charge >= 0.3 is 0 Å². The van der Waals surface area contributed by atoms with Gasteiger partial charge in [-0.3, -0.25) is 10.0 Å². The summed E-state index contributed by atoms with van der Waals surface area (Å²) in [6, 6.07) is 9.39. The molecule has 0 aliphatic rings. The minimum absolute atomic E-state index is 0.134. The fourth-order valence-corrected chi connectivity index (χ4v) is 2.46. The number of nitrogens with one attached hydrogen (secondary N) is 1. The summed E-state index contributed by atoms with van der Waals surface area (Å²) < 4.78 is 20.4. The SMILES string of the molecule is COc1cc(-c2nc3cc(C(=O)NO)ccc3n2C)ccc1F. The van der Waals surface area contributed by atoms with Crippen molar-refractivity contribution in [1.82, 2.24) is 15.0 Å². The van der Waals surface area contributed by atoms with E-state index in [1.165, 1.54) is 13.2 Å². The summed E-state index contributed by atoms with van der Waals surface area (Å²) in [6.45, 7) is 0. The molecule has 0 aliphatic carbocycles. The average Bonchev–Trinajstić information content (AvgIpc) is 2.91. The van der Waals surface area contributed by atoms with Crippen LogP contribution < -0.4 is 10.2 Å². The zero-order valence-electron chi connectivity index (χ0n) is 12.5. The number of ether oxygens (including phenoxy) is 1. The van der Waals surface area contributed by atoms with Crippen molar-refractivity contribution in [1.29, 1.82) is 0 Å². The maximum atomic E-state index is 13.6. The molecule has 0 saturated carbocycles. The van der Waals surface area contributed by atoms with E-state index in [1.807, 2.05) is 11.6 Å². The number of aromatic nitrogens is 2. The number of aryl methyl sites for hydroxylation is 1. The van der Waals surface area contributed by atoms with Crippen molar-refractivity contribution in [3.05, 3.63) is 47.8 Å². The van der Waals surface area contributed by atoms with Crippen LogP contribution in [0.5, 0.6) is 5.75 Å². The Kier molecular flexibility index (Phi) is 3.71. The van der Waals surface area contributed by atoms with Crippen molar-refractivity contribution in [2.24, 2.45) is 7.05 Å². The molecule has 3 rings (SSSR count). The topological polar surface area (TPSA) is 76.4 Å². The highest BCUT2D eigenvalue weighted by Gasteiger charge is 2.14. The first-order valence-electron chi connectivity index (χ1n) is 6.80. The van der Waals surface area contributed by atoms with E-state index >= 15 is 0 Å². The molecule has 118 valence electrons. The van der Waals surface area contributed by atoms with Crippen molar-refractivity contribution in [2.75, 3.05) is 7.11 Å². The largest absolute Gasteiger partial charge is 0.494 e. The van der Waals surface area contributed by atoms with E-state index in [2.05, 4.69) is 4.98 Å². The van der Waals surface area contributed by atoms with Crippen molar-refractivity contribution in [3.63, 3.8) is 0 Å². The van der Waals surface area contributed by atoms with Gasteiger partial charge < -0.3 is 9.30 Å². The molecule has 0 atom stereocenters. The Bertz CT molecular complexity index is 905. The van der Waals surface area contributed by atoms with Gasteiger partial charge in [0.1, 0.15) is 5.82 Å². The molecule has 6 nitrogen and oxygen atoms in total. The molecule has 0 saturated heterocycles. The second kappa shape index (κ2) is 5.69. The number of imidazole rings is 1. The van der Waals surface area contributed by atoms with E-state index in [9.17, 15) is 9.18 Å². The van der Waals surface area contributed by atoms with E-state index in [4.69, 9.17) is 9.94 Å². The Morgan fingerprint density at radius 3 is 2.78 bits per heavy atom. The molecule has 7 heteroatoms. The van der Waals surface area contributed by atoms with Gasteiger partial charge in [0.05, 0.1) is 18.1 Å². The molecule has 1 amide bonds. The van der Waals surface area contributed by atoms with Crippen LogP contribution in [0.2, 0.25) is 0 Å². The van der Waals surface area contributed by atoms with Crippen molar-refractivity contribution < 1.29 is 19.1 Å². The minimum Gasteiger partial charge on any atom is -0.494 e. The third kappa shape index (κ3) is 2.51. The molecule has 2 aromatic carbocycles. The van der Waals surface area contributed by atoms with Gasteiger partial charge in [0, 0.05) is 18.2 Å². The molecule has 0 fully saturated rings. The van der Waals surface area contributed by atoms with E-state index in [0.29, 0.717) is 22.5 Å². The number of hydrogen-bond acceptors (Lipinski definition) is 4. The van der Waals surface area contributed by atoms with Gasteiger partial charge in [0.25, 0.3) is 5.91 Å². The Labute approximate surface area is 131 Å². The number of halogens is 1. The van der Waals surface area contributed by atoms with Gasteiger partial charge in [-0.05, 0) is 36.4 Å². The molecule has 0 aliphatic heterocycles. The molecule has 0 radical (unpaired) electrons. The molecule has 0 unspecified atom stereocenters. The maximum Gasteiger partial charge on any atom is 0.274 e. The third-order valence-corrected chi connectivity index (χ3v) is 3.65. The van der Waals surface area contributed by atoms with E-state index in [-0.39, 0.29) is 5.75 Å². The quantitative estimate of drug-likeness (QED) is 0.575. The lowest BCUT2D eigenvalue weighted by Gasteiger charge is -2.06. The first-order valence-corrected chi connectivity index (χ1v) is 6.80. The molecule has 1 heterocycles. The number of nitrogens with zero attached hydrogens (tertiary/aromatic N) is 2. The van der Waals surface area contributed by atoms with Crippen LogP contribution in [0.25, 0.3) is 22.4 Å². The number of fused-ring (bicyclic) bond motifs is 1. The summed E-state index contributed by atoms with van der Waals surface area (Å²) in [5.74, 6) is -0.311. The Morgan fingerprint density at radius 2 is 2.09 bits per heavy atom. The van der Waals surface area contributed by atoms with Gasteiger partial charge in [-0.25, -0.2) is 14.9 Å². The zero-order chi connectivity index (χ0) is 16.6. The number of amides is 1. The average molecular weight is 315 g/mol. The van der Waals surface area contributed by atoms with Crippen molar-refractivity contribution in [3.8, 4) is 17.1 Å². The fraction of sp³-hybridized carbons (Fsp3) is 0.125. The van der Waals surface area contributed by atoms with Crippen molar-refractivity contribution in [2.45, 2.75) is 0 Å². The second-order valence-corrected chi connectivity index (χ2v) is 4.99.